The number of nitrogens with zero attached hydrogens (tertiary/aromatic N) is 1. The van der Waals surface area contributed by atoms with E-state index in [1.54, 1.807) is 0 Å². The third kappa shape index (κ3) is 4.08. The van der Waals surface area contributed by atoms with Crippen LogP contribution in [0, 0.1) is 0 Å². The Kier molecular flexibility index (Phi) is 4.35. The molecular formula is C6H8F3NO4. The highest BCUT2D eigenvalue weighted by Crippen LogP contribution is 2.17. The lowest BCUT2D eigenvalue weighted by molar-refractivity contribution is -0.187. The van der Waals surface area contributed by atoms with Crippen LogP contribution in [0.4, 0.5) is 13.2 Å². The highest BCUT2D eigenvalue weighted by Gasteiger charge is 2.42. The smallest absolute Gasteiger partial charge is 0.471 e. The molecule has 1 amide bonds. The minimum Gasteiger partial charge on any atom is -0.480 e. The van der Waals surface area contributed by atoms with E-state index in [1.165, 1.54) is 0 Å². The second-order valence-electron chi connectivity index (χ2n) is 2.34. The van der Waals surface area contributed by atoms with Crippen LogP contribution >= 0.6 is 0 Å². The zero-order valence-corrected chi connectivity index (χ0v) is 6.91. The maximum atomic E-state index is 11.8. The number of alkyl halides is 3. The molecule has 0 unspecified atom stereocenters. The molecule has 0 spiro atoms. The molecule has 2 N–H and O–H groups in total. The van der Waals surface area contributed by atoms with Crippen LogP contribution in [-0.4, -0.2) is 52.9 Å². The molecule has 0 bridgehead atoms. The number of halogens is 3. The molecule has 0 aliphatic carbocycles. The van der Waals surface area contributed by atoms with E-state index in [0.717, 1.165) is 0 Å². The predicted octanol–water partition coefficient (Wildman–Crippen LogP) is -0.546. The molecule has 0 aliphatic rings. The first kappa shape index (κ1) is 12.7. The summed E-state index contributed by atoms with van der Waals surface area (Å²) in [4.78, 5) is 20.6. The summed E-state index contributed by atoms with van der Waals surface area (Å²) in [6.45, 7) is -2.47. The van der Waals surface area contributed by atoms with Crippen LogP contribution in [0.1, 0.15) is 0 Å². The molecule has 8 heteroatoms. The molecule has 0 aromatic heterocycles. The summed E-state index contributed by atoms with van der Waals surface area (Å²) in [7, 11) is 0. The van der Waals surface area contributed by atoms with E-state index < -0.39 is 37.7 Å². The Morgan fingerprint density at radius 2 is 1.79 bits per heavy atom. The van der Waals surface area contributed by atoms with Crippen LogP contribution in [0.5, 0.6) is 0 Å². The molecular weight excluding hydrogens is 207 g/mol. The Morgan fingerprint density at radius 1 is 1.29 bits per heavy atom. The third-order valence-corrected chi connectivity index (χ3v) is 1.23. The van der Waals surface area contributed by atoms with Crippen molar-refractivity contribution >= 4 is 11.9 Å². The SMILES string of the molecule is O=C(O)CN(CCO)C(=O)C(F)(F)F. The highest BCUT2D eigenvalue weighted by molar-refractivity contribution is 5.85. The number of carbonyl (C=O) groups is 2. The summed E-state index contributed by atoms with van der Waals surface area (Å²) in [6, 6.07) is 0. The minimum absolute atomic E-state index is 0.0162. The van der Waals surface area contributed by atoms with Crippen LogP contribution in [0.2, 0.25) is 0 Å². The van der Waals surface area contributed by atoms with Crippen molar-refractivity contribution < 1.29 is 33.0 Å². The van der Waals surface area contributed by atoms with Crippen molar-refractivity contribution in [3.8, 4) is 0 Å². The molecule has 82 valence electrons. The first-order valence-electron chi connectivity index (χ1n) is 3.47. The van der Waals surface area contributed by atoms with E-state index in [9.17, 15) is 22.8 Å². The third-order valence-electron chi connectivity index (χ3n) is 1.23. The van der Waals surface area contributed by atoms with Crippen molar-refractivity contribution in [3.63, 3.8) is 0 Å². The first-order chi connectivity index (χ1) is 6.29. The lowest BCUT2D eigenvalue weighted by Gasteiger charge is -2.20. The summed E-state index contributed by atoms with van der Waals surface area (Å²) >= 11 is 0. The van der Waals surface area contributed by atoms with E-state index in [4.69, 9.17) is 10.2 Å². The number of hydrogen-bond donors (Lipinski definition) is 2. The van der Waals surface area contributed by atoms with Crippen molar-refractivity contribution in [2.45, 2.75) is 6.18 Å². The number of amides is 1. The van der Waals surface area contributed by atoms with Crippen molar-refractivity contribution in [3.05, 3.63) is 0 Å². The first-order valence-corrected chi connectivity index (χ1v) is 3.47. The second-order valence-corrected chi connectivity index (χ2v) is 2.34. The summed E-state index contributed by atoms with van der Waals surface area (Å²) in [5, 5.41) is 16.5. The molecule has 0 rings (SSSR count). The van der Waals surface area contributed by atoms with Gasteiger partial charge < -0.3 is 15.1 Å². The van der Waals surface area contributed by atoms with Crippen LogP contribution in [0.25, 0.3) is 0 Å². The van der Waals surface area contributed by atoms with Crippen LogP contribution in [-0.2, 0) is 9.59 Å². The Balaban J connectivity index is 4.49. The average molecular weight is 215 g/mol. The van der Waals surface area contributed by atoms with Crippen LogP contribution in [0.15, 0.2) is 0 Å². The normalized spacial score (nSPS) is 11.1. The number of aliphatic hydroxyl groups is 1. The molecule has 0 aliphatic heterocycles. The Morgan fingerprint density at radius 3 is 2.07 bits per heavy atom. The van der Waals surface area contributed by atoms with Gasteiger partial charge in [-0.15, -0.1) is 0 Å². The number of hydrogen-bond acceptors (Lipinski definition) is 3. The fraction of sp³-hybridized carbons (Fsp3) is 0.667. The van der Waals surface area contributed by atoms with Crippen molar-refractivity contribution in [1.29, 1.82) is 0 Å². The summed E-state index contributed by atoms with van der Waals surface area (Å²) in [5.74, 6) is -3.84. The van der Waals surface area contributed by atoms with Crippen molar-refractivity contribution in [2.75, 3.05) is 19.7 Å². The van der Waals surface area contributed by atoms with E-state index >= 15 is 0 Å². The van der Waals surface area contributed by atoms with E-state index in [0.29, 0.717) is 0 Å². The maximum absolute atomic E-state index is 11.8. The van der Waals surface area contributed by atoms with Gasteiger partial charge in [0.2, 0.25) is 0 Å². The topological polar surface area (TPSA) is 77.8 Å². The van der Waals surface area contributed by atoms with Crippen molar-refractivity contribution in [2.24, 2.45) is 0 Å². The highest BCUT2D eigenvalue weighted by atomic mass is 19.4. The molecule has 0 atom stereocenters. The number of carboxylic acids is 1. The summed E-state index contributed by atoms with van der Waals surface area (Å²) < 4.78 is 35.4. The molecule has 5 nitrogen and oxygen atoms in total. The predicted molar refractivity (Wildman–Crippen MR) is 37.4 cm³/mol. The quantitative estimate of drug-likeness (QED) is 0.659. The van der Waals surface area contributed by atoms with Gasteiger partial charge in [0, 0.05) is 6.54 Å². The lowest BCUT2D eigenvalue weighted by atomic mass is 10.4. The largest absolute Gasteiger partial charge is 0.480 e. The average Bonchev–Trinajstić information content (AvgIpc) is 2.00. The molecule has 0 radical (unpaired) electrons. The number of carbonyl (C=O) groups excluding carboxylic acids is 1. The van der Waals surface area contributed by atoms with E-state index in [2.05, 4.69) is 0 Å². The number of aliphatic carboxylic acids is 1. The lowest BCUT2D eigenvalue weighted by Crippen LogP contribution is -2.45. The van der Waals surface area contributed by atoms with Gasteiger partial charge in [0.25, 0.3) is 0 Å². The minimum atomic E-state index is -5.12. The van der Waals surface area contributed by atoms with Crippen LogP contribution < -0.4 is 0 Å². The van der Waals surface area contributed by atoms with E-state index in [1.807, 2.05) is 0 Å². The van der Waals surface area contributed by atoms with Gasteiger partial charge in [-0.05, 0) is 0 Å². The van der Waals surface area contributed by atoms with E-state index in [-0.39, 0.29) is 4.90 Å². The molecule has 0 fully saturated rings. The van der Waals surface area contributed by atoms with Crippen molar-refractivity contribution in [1.82, 2.24) is 4.90 Å². The van der Waals surface area contributed by atoms with Crippen LogP contribution in [0.3, 0.4) is 0 Å². The van der Waals surface area contributed by atoms with Gasteiger partial charge in [0.1, 0.15) is 6.54 Å². The zero-order valence-electron chi connectivity index (χ0n) is 6.91. The molecule has 0 aromatic rings. The zero-order chi connectivity index (χ0) is 11.4. The van der Waals surface area contributed by atoms with Gasteiger partial charge in [-0.2, -0.15) is 13.2 Å². The molecule has 0 saturated heterocycles. The number of carboxylic acid groups (broad SMARTS) is 1. The van der Waals surface area contributed by atoms with Gasteiger partial charge in [0.15, 0.2) is 0 Å². The van der Waals surface area contributed by atoms with Gasteiger partial charge in [-0.3, -0.25) is 9.59 Å². The monoisotopic (exact) mass is 215 g/mol. The molecule has 14 heavy (non-hydrogen) atoms. The van der Waals surface area contributed by atoms with Gasteiger partial charge in [0.05, 0.1) is 6.61 Å². The van der Waals surface area contributed by atoms with Gasteiger partial charge in [-0.1, -0.05) is 0 Å². The fourth-order valence-corrected chi connectivity index (χ4v) is 0.716. The molecule has 0 saturated carbocycles. The second kappa shape index (κ2) is 4.80. The molecule has 0 heterocycles. The standard InChI is InChI=1S/C6H8F3NO4/c7-6(8,9)5(14)10(1-2-11)3-4(12)13/h11H,1-3H2,(H,12,13). The maximum Gasteiger partial charge on any atom is 0.471 e. The number of rotatable bonds is 4. The Bertz CT molecular complexity index is 228. The fourth-order valence-electron chi connectivity index (χ4n) is 0.716. The van der Waals surface area contributed by atoms with Gasteiger partial charge >= 0.3 is 18.1 Å². The van der Waals surface area contributed by atoms with Gasteiger partial charge in [-0.25, -0.2) is 0 Å². The Hall–Kier alpha value is -1.31. The Labute approximate surface area is 76.7 Å². The molecule has 0 aromatic carbocycles. The summed E-state index contributed by atoms with van der Waals surface area (Å²) in [6.07, 6.45) is -5.12. The number of aliphatic hydroxyl groups excluding tert-OH is 1. The summed E-state index contributed by atoms with van der Waals surface area (Å²) in [5.41, 5.74) is 0.